The van der Waals surface area contributed by atoms with Gasteiger partial charge in [0.25, 0.3) is 6.43 Å². The summed E-state index contributed by atoms with van der Waals surface area (Å²) in [7, 11) is 1.84. The van der Waals surface area contributed by atoms with Gasteiger partial charge >= 0.3 is 0 Å². The third-order valence-electron chi connectivity index (χ3n) is 4.89. The van der Waals surface area contributed by atoms with Gasteiger partial charge in [0.1, 0.15) is 18.2 Å². The fraction of sp³-hybridized carbons (Fsp3) is 0.444. The molecule has 10 heteroatoms. The molecule has 1 N–H and O–H groups in total. The molecule has 0 aliphatic carbocycles. The highest BCUT2D eigenvalue weighted by atomic mass is 19.3. The number of aromatic nitrogens is 5. The van der Waals surface area contributed by atoms with Gasteiger partial charge in [0, 0.05) is 37.7 Å². The van der Waals surface area contributed by atoms with Gasteiger partial charge in [-0.05, 0) is 13.0 Å². The van der Waals surface area contributed by atoms with Crippen LogP contribution in [-0.2, 0) is 18.4 Å². The molecule has 28 heavy (non-hydrogen) atoms. The Morgan fingerprint density at radius 3 is 2.96 bits per heavy atom. The number of carbonyl (C=O) groups is 1. The molecule has 8 nitrogen and oxygen atoms in total. The topological polar surface area (TPSA) is 86.9 Å². The smallest absolute Gasteiger partial charge is 0.257 e. The summed E-state index contributed by atoms with van der Waals surface area (Å²) in [5.74, 6) is 0.454. The largest absolute Gasteiger partial charge is 0.473 e. The van der Waals surface area contributed by atoms with Gasteiger partial charge in [0.2, 0.25) is 11.8 Å². The molecule has 0 radical (unpaired) electrons. The zero-order valence-corrected chi connectivity index (χ0v) is 15.5. The van der Waals surface area contributed by atoms with E-state index >= 15 is 0 Å². The van der Waals surface area contributed by atoms with E-state index in [-0.39, 0.29) is 17.9 Å². The number of pyridine rings is 1. The monoisotopic (exact) mass is 390 g/mol. The molecule has 148 valence electrons. The van der Waals surface area contributed by atoms with E-state index in [1.807, 2.05) is 18.5 Å². The van der Waals surface area contributed by atoms with Crippen LogP contribution < -0.4 is 10.1 Å². The van der Waals surface area contributed by atoms with Crippen molar-refractivity contribution in [1.29, 1.82) is 0 Å². The molecular formula is C18H20F2N6O2. The molecule has 4 heterocycles. The quantitative estimate of drug-likeness (QED) is 0.696. The Morgan fingerprint density at radius 2 is 2.25 bits per heavy atom. The second-order valence-electron chi connectivity index (χ2n) is 6.97. The number of nitrogens with one attached hydrogen (secondary N) is 1. The Kier molecular flexibility index (Phi) is 4.70. The predicted octanol–water partition coefficient (Wildman–Crippen LogP) is 2.00. The lowest BCUT2D eigenvalue weighted by Crippen LogP contribution is -2.26. The maximum atomic E-state index is 12.6. The van der Waals surface area contributed by atoms with E-state index < -0.39 is 13.0 Å². The number of nitrogens with zero attached hydrogens (tertiary/aromatic N) is 5. The molecule has 1 aliphatic rings. The molecule has 0 spiro atoms. The minimum absolute atomic E-state index is 0.0132. The summed E-state index contributed by atoms with van der Waals surface area (Å²) >= 11 is 0. The number of carbonyl (C=O) groups excluding carboxylic acids is 1. The van der Waals surface area contributed by atoms with E-state index in [1.165, 1.54) is 17.1 Å². The standard InChI is InChI=1S/C18H20F2N6O2/c1-10(11-3-16(27)21-5-11)28-18-17-14(22-9-25(17)2)4-13(24-18)12-6-23-26(7-12)8-15(19)20/h4,6-7,9-11,15H,3,5,8H2,1-2H3,(H,21,27)/t10-,11-/m1/s1. The highest BCUT2D eigenvalue weighted by molar-refractivity contribution is 5.84. The van der Waals surface area contributed by atoms with Crippen LogP contribution in [0.3, 0.4) is 0 Å². The van der Waals surface area contributed by atoms with Crippen LogP contribution in [0.4, 0.5) is 8.78 Å². The van der Waals surface area contributed by atoms with Gasteiger partial charge in [-0.15, -0.1) is 0 Å². The van der Waals surface area contributed by atoms with E-state index in [4.69, 9.17) is 4.74 Å². The van der Waals surface area contributed by atoms with Crippen molar-refractivity contribution < 1.29 is 18.3 Å². The number of imidazole rings is 1. The summed E-state index contributed by atoms with van der Waals surface area (Å²) in [5.41, 5.74) is 2.54. The van der Waals surface area contributed by atoms with E-state index in [9.17, 15) is 13.6 Å². The van der Waals surface area contributed by atoms with E-state index in [2.05, 4.69) is 20.4 Å². The fourth-order valence-electron chi connectivity index (χ4n) is 3.34. The molecule has 0 bridgehead atoms. The number of fused-ring (bicyclic) bond motifs is 1. The number of amides is 1. The summed E-state index contributed by atoms with van der Waals surface area (Å²) in [6.07, 6.45) is 2.37. The maximum absolute atomic E-state index is 12.6. The minimum atomic E-state index is -2.48. The number of rotatable bonds is 6. The van der Waals surface area contributed by atoms with Crippen molar-refractivity contribution in [3.05, 3.63) is 24.8 Å². The van der Waals surface area contributed by atoms with Crippen LogP contribution in [0.1, 0.15) is 13.3 Å². The Hall–Kier alpha value is -3.04. The zero-order chi connectivity index (χ0) is 19.8. The third-order valence-corrected chi connectivity index (χ3v) is 4.89. The zero-order valence-electron chi connectivity index (χ0n) is 15.5. The molecule has 3 aromatic rings. The van der Waals surface area contributed by atoms with Gasteiger partial charge in [-0.2, -0.15) is 5.10 Å². The summed E-state index contributed by atoms with van der Waals surface area (Å²) < 4.78 is 34.3. The number of aryl methyl sites for hydroxylation is 1. The van der Waals surface area contributed by atoms with Gasteiger partial charge in [-0.25, -0.2) is 18.7 Å². The van der Waals surface area contributed by atoms with Gasteiger partial charge in [0.15, 0.2) is 0 Å². The molecule has 0 saturated carbocycles. The number of ether oxygens (including phenoxy) is 1. The third kappa shape index (κ3) is 3.54. The Balaban J connectivity index is 1.68. The van der Waals surface area contributed by atoms with Gasteiger partial charge in [-0.3, -0.25) is 9.48 Å². The lowest BCUT2D eigenvalue weighted by molar-refractivity contribution is -0.119. The molecule has 1 fully saturated rings. The predicted molar refractivity (Wildman–Crippen MR) is 96.9 cm³/mol. The van der Waals surface area contributed by atoms with E-state index in [0.29, 0.717) is 35.6 Å². The van der Waals surface area contributed by atoms with E-state index in [1.54, 1.807) is 12.4 Å². The van der Waals surface area contributed by atoms with Crippen molar-refractivity contribution >= 4 is 16.9 Å². The molecule has 1 amide bonds. The normalized spacial score (nSPS) is 18.0. The minimum Gasteiger partial charge on any atom is -0.473 e. The first-order valence-corrected chi connectivity index (χ1v) is 8.97. The van der Waals surface area contributed by atoms with Crippen LogP contribution in [0.15, 0.2) is 24.8 Å². The van der Waals surface area contributed by atoms with Crippen molar-refractivity contribution in [3.8, 4) is 17.1 Å². The molecule has 0 unspecified atom stereocenters. The summed E-state index contributed by atoms with van der Waals surface area (Å²) in [6, 6.07) is 1.78. The van der Waals surface area contributed by atoms with Crippen molar-refractivity contribution in [3.63, 3.8) is 0 Å². The number of hydrogen-bond acceptors (Lipinski definition) is 5. The van der Waals surface area contributed by atoms with Crippen LogP contribution in [0.25, 0.3) is 22.3 Å². The van der Waals surface area contributed by atoms with Crippen LogP contribution >= 0.6 is 0 Å². The van der Waals surface area contributed by atoms with Gasteiger partial charge in [0.05, 0.1) is 23.7 Å². The first-order valence-electron chi connectivity index (χ1n) is 8.97. The van der Waals surface area contributed by atoms with Gasteiger partial charge in [-0.1, -0.05) is 0 Å². The van der Waals surface area contributed by atoms with Crippen molar-refractivity contribution in [2.24, 2.45) is 13.0 Å². The first kappa shape index (κ1) is 18.3. The molecule has 0 aromatic carbocycles. The second kappa shape index (κ2) is 7.17. The van der Waals surface area contributed by atoms with Crippen LogP contribution in [0.5, 0.6) is 5.88 Å². The van der Waals surface area contributed by atoms with Crippen molar-refractivity contribution in [2.75, 3.05) is 6.54 Å². The molecule has 1 aliphatic heterocycles. The number of hydrogen-bond donors (Lipinski definition) is 1. The highest BCUT2D eigenvalue weighted by Crippen LogP contribution is 2.30. The number of halogens is 2. The average Bonchev–Trinajstić information content (AvgIpc) is 3.35. The summed E-state index contributed by atoms with van der Waals surface area (Å²) in [5, 5.41) is 6.77. The molecule has 2 atom stereocenters. The Morgan fingerprint density at radius 1 is 1.43 bits per heavy atom. The second-order valence-corrected chi connectivity index (χ2v) is 6.97. The fourth-order valence-corrected chi connectivity index (χ4v) is 3.34. The van der Waals surface area contributed by atoms with E-state index in [0.717, 1.165) is 5.52 Å². The van der Waals surface area contributed by atoms with Crippen LogP contribution in [0, 0.1) is 5.92 Å². The SMILES string of the molecule is C[C@@H](Oc1nc(-c2cnn(CC(F)F)c2)cc2ncn(C)c12)[C@H]1CNC(=O)C1. The van der Waals surface area contributed by atoms with Crippen LogP contribution in [0.2, 0.25) is 0 Å². The lowest BCUT2D eigenvalue weighted by Gasteiger charge is -2.20. The van der Waals surface area contributed by atoms with Crippen LogP contribution in [-0.4, -0.2) is 49.3 Å². The highest BCUT2D eigenvalue weighted by Gasteiger charge is 2.29. The molecule has 4 rings (SSSR count). The first-order chi connectivity index (χ1) is 13.4. The molecular weight excluding hydrogens is 370 g/mol. The number of alkyl halides is 2. The Labute approximate surface area is 159 Å². The summed E-state index contributed by atoms with van der Waals surface area (Å²) in [6.45, 7) is 1.99. The van der Waals surface area contributed by atoms with Crippen molar-refractivity contribution in [2.45, 2.75) is 32.4 Å². The maximum Gasteiger partial charge on any atom is 0.257 e. The van der Waals surface area contributed by atoms with Crippen molar-refractivity contribution in [1.82, 2.24) is 29.6 Å². The molecule has 3 aromatic heterocycles. The molecule has 1 saturated heterocycles. The van der Waals surface area contributed by atoms with Gasteiger partial charge < -0.3 is 14.6 Å². The Bertz CT molecular complexity index is 1010. The lowest BCUT2D eigenvalue weighted by atomic mass is 10.0. The average molecular weight is 390 g/mol. The summed E-state index contributed by atoms with van der Waals surface area (Å²) in [4.78, 5) is 20.5.